The molecule has 0 atom stereocenters. The lowest BCUT2D eigenvalue weighted by molar-refractivity contribution is 0.565. The van der Waals surface area contributed by atoms with Gasteiger partial charge in [-0.1, -0.05) is 24.3 Å². The highest BCUT2D eigenvalue weighted by atomic mass is 16.3. The van der Waals surface area contributed by atoms with Crippen LogP contribution in [0.5, 0.6) is 0 Å². The molecule has 1 heterocycles. The number of furan rings is 1. The third-order valence-electron chi connectivity index (χ3n) is 2.73. The molecule has 84 valence electrons. The molecule has 0 aliphatic carbocycles. The van der Waals surface area contributed by atoms with Crippen LogP contribution in [0.4, 0.5) is 0 Å². The summed E-state index contributed by atoms with van der Waals surface area (Å²) in [6.45, 7) is 7.54. The van der Waals surface area contributed by atoms with Gasteiger partial charge in [0, 0.05) is 17.5 Å². The van der Waals surface area contributed by atoms with Gasteiger partial charge in [0.1, 0.15) is 11.3 Å². The first-order valence-corrected chi connectivity index (χ1v) is 5.61. The first-order chi connectivity index (χ1) is 7.83. The van der Waals surface area contributed by atoms with Crippen molar-refractivity contribution in [2.24, 2.45) is 0 Å². The van der Waals surface area contributed by atoms with E-state index >= 15 is 0 Å². The van der Waals surface area contributed by atoms with E-state index in [4.69, 9.17) is 4.42 Å². The maximum Gasteiger partial charge on any atom is 0.134 e. The fraction of sp³-hybridized carbons (Fsp3) is 0.286. The van der Waals surface area contributed by atoms with Crippen molar-refractivity contribution < 1.29 is 4.42 Å². The molecule has 0 fully saturated rings. The van der Waals surface area contributed by atoms with Crippen LogP contribution < -0.4 is 5.32 Å². The second-order valence-electron chi connectivity index (χ2n) is 3.89. The predicted octanol–water partition coefficient (Wildman–Crippen LogP) is 3.41. The van der Waals surface area contributed by atoms with Crippen LogP contribution in [0.3, 0.4) is 0 Å². The molecule has 0 aliphatic rings. The number of rotatable bonds is 5. The highest BCUT2D eigenvalue weighted by Gasteiger charge is 2.08. The lowest BCUT2D eigenvalue weighted by Gasteiger charge is -2.02. The molecule has 1 aromatic carbocycles. The van der Waals surface area contributed by atoms with Gasteiger partial charge in [0.15, 0.2) is 0 Å². The Balaban J connectivity index is 2.16. The van der Waals surface area contributed by atoms with Crippen molar-refractivity contribution in [2.75, 3.05) is 6.54 Å². The average Bonchev–Trinajstić information content (AvgIpc) is 2.61. The van der Waals surface area contributed by atoms with E-state index in [2.05, 4.69) is 18.0 Å². The van der Waals surface area contributed by atoms with E-state index in [0.717, 1.165) is 30.9 Å². The summed E-state index contributed by atoms with van der Waals surface area (Å²) in [5.41, 5.74) is 2.24. The van der Waals surface area contributed by atoms with Gasteiger partial charge in [-0.25, -0.2) is 0 Å². The Morgan fingerprint density at radius 1 is 1.38 bits per heavy atom. The minimum atomic E-state index is 0.858. The summed E-state index contributed by atoms with van der Waals surface area (Å²) in [5.74, 6) is 1.01. The van der Waals surface area contributed by atoms with Crippen molar-refractivity contribution in [1.29, 1.82) is 0 Å². The van der Waals surface area contributed by atoms with E-state index in [1.165, 1.54) is 10.9 Å². The van der Waals surface area contributed by atoms with Gasteiger partial charge in [-0.3, -0.25) is 0 Å². The van der Waals surface area contributed by atoms with Gasteiger partial charge < -0.3 is 9.73 Å². The number of aryl methyl sites for hydroxylation is 1. The quantitative estimate of drug-likeness (QED) is 0.610. The van der Waals surface area contributed by atoms with Crippen LogP contribution in [0.1, 0.15) is 17.7 Å². The van der Waals surface area contributed by atoms with Crippen molar-refractivity contribution in [1.82, 2.24) is 5.32 Å². The van der Waals surface area contributed by atoms with Crippen LogP contribution in [-0.2, 0) is 6.54 Å². The second kappa shape index (κ2) is 4.99. The normalized spacial score (nSPS) is 10.8. The molecular formula is C14H17NO. The molecule has 0 bridgehead atoms. The van der Waals surface area contributed by atoms with Crippen molar-refractivity contribution in [3.05, 3.63) is 48.2 Å². The lowest BCUT2D eigenvalue weighted by atomic mass is 10.1. The number of hydrogen-bond donors (Lipinski definition) is 1. The Morgan fingerprint density at radius 3 is 3.00 bits per heavy atom. The van der Waals surface area contributed by atoms with E-state index in [1.54, 1.807) is 0 Å². The molecule has 2 rings (SSSR count). The third kappa shape index (κ3) is 2.17. The number of fused-ring (bicyclic) bond motifs is 1. The van der Waals surface area contributed by atoms with Crippen LogP contribution in [0.15, 0.2) is 41.3 Å². The summed E-state index contributed by atoms with van der Waals surface area (Å²) in [4.78, 5) is 0. The zero-order valence-electron chi connectivity index (χ0n) is 9.62. The monoisotopic (exact) mass is 215 g/mol. The number of para-hydroxylation sites is 1. The highest BCUT2D eigenvalue weighted by Crippen LogP contribution is 2.24. The van der Waals surface area contributed by atoms with Crippen LogP contribution in [0.25, 0.3) is 11.0 Å². The Bertz CT molecular complexity index is 484. The summed E-state index contributed by atoms with van der Waals surface area (Å²) < 4.78 is 5.70. The second-order valence-corrected chi connectivity index (χ2v) is 3.89. The maximum atomic E-state index is 5.70. The Hall–Kier alpha value is -1.54. The topological polar surface area (TPSA) is 25.2 Å². The van der Waals surface area contributed by atoms with Gasteiger partial charge in [0.2, 0.25) is 0 Å². The first-order valence-electron chi connectivity index (χ1n) is 5.61. The molecule has 1 N–H and O–H groups in total. The molecule has 16 heavy (non-hydrogen) atoms. The van der Waals surface area contributed by atoms with Gasteiger partial charge in [0.05, 0.1) is 0 Å². The van der Waals surface area contributed by atoms with Crippen LogP contribution >= 0.6 is 0 Å². The first kappa shape index (κ1) is 11.0. The fourth-order valence-corrected chi connectivity index (χ4v) is 1.86. The summed E-state index contributed by atoms with van der Waals surface area (Å²) >= 11 is 0. The molecule has 0 radical (unpaired) electrons. The Kier molecular flexibility index (Phi) is 3.42. The minimum Gasteiger partial charge on any atom is -0.461 e. The largest absolute Gasteiger partial charge is 0.461 e. The summed E-state index contributed by atoms with van der Waals surface area (Å²) in [6, 6.07) is 8.16. The van der Waals surface area contributed by atoms with E-state index in [1.807, 2.05) is 31.2 Å². The Morgan fingerprint density at radius 2 is 2.19 bits per heavy atom. The van der Waals surface area contributed by atoms with Crippen molar-refractivity contribution >= 4 is 11.0 Å². The van der Waals surface area contributed by atoms with Crippen LogP contribution in [0, 0.1) is 6.92 Å². The van der Waals surface area contributed by atoms with E-state index in [0.29, 0.717) is 0 Å². The molecule has 2 aromatic rings. The molecule has 2 heteroatoms. The molecule has 0 aliphatic heterocycles. The number of nitrogens with one attached hydrogen (secondary N) is 1. The molecule has 0 saturated carbocycles. The molecule has 1 aromatic heterocycles. The number of hydrogen-bond acceptors (Lipinski definition) is 2. The summed E-state index contributed by atoms with van der Waals surface area (Å²) in [7, 11) is 0. The van der Waals surface area contributed by atoms with Crippen molar-refractivity contribution in [2.45, 2.75) is 19.9 Å². The highest BCUT2D eigenvalue weighted by molar-refractivity contribution is 5.82. The van der Waals surface area contributed by atoms with Crippen LogP contribution in [0.2, 0.25) is 0 Å². The maximum absolute atomic E-state index is 5.70. The average molecular weight is 215 g/mol. The molecule has 0 saturated heterocycles. The smallest absolute Gasteiger partial charge is 0.134 e. The van der Waals surface area contributed by atoms with Gasteiger partial charge in [-0.05, 0) is 26.0 Å². The van der Waals surface area contributed by atoms with Crippen LogP contribution in [-0.4, -0.2) is 6.54 Å². The summed E-state index contributed by atoms with van der Waals surface area (Å²) in [6.07, 6.45) is 2.92. The van der Waals surface area contributed by atoms with Gasteiger partial charge in [-0.15, -0.1) is 6.58 Å². The van der Waals surface area contributed by atoms with E-state index in [-0.39, 0.29) is 0 Å². The lowest BCUT2D eigenvalue weighted by Crippen LogP contribution is -2.14. The van der Waals surface area contributed by atoms with Crippen molar-refractivity contribution in [3.8, 4) is 0 Å². The van der Waals surface area contributed by atoms with E-state index in [9.17, 15) is 0 Å². The molecule has 0 amide bonds. The minimum absolute atomic E-state index is 0.858. The fourth-order valence-electron chi connectivity index (χ4n) is 1.86. The van der Waals surface area contributed by atoms with Gasteiger partial charge >= 0.3 is 0 Å². The Labute approximate surface area is 96.0 Å². The SMILES string of the molecule is C=CCCNCc1c(C)oc2ccccc12. The molecule has 2 nitrogen and oxygen atoms in total. The zero-order chi connectivity index (χ0) is 11.4. The molecule has 0 unspecified atom stereocenters. The van der Waals surface area contributed by atoms with Gasteiger partial charge in [0.25, 0.3) is 0 Å². The van der Waals surface area contributed by atoms with Crippen molar-refractivity contribution in [3.63, 3.8) is 0 Å². The predicted molar refractivity (Wildman–Crippen MR) is 67.5 cm³/mol. The number of benzene rings is 1. The third-order valence-corrected chi connectivity index (χ3v) is 2.73. The standard InChI is InChI=1S/C14H17NO/c1-3-4-9-15-10-13-11(2)16-14-8-6-5-7-12(13)14/h3,5-8,15H,1,4,9-10H2,2H3. The summed E-state index contributed by atoms with van der Waals surface area (Å²) in [5, 5.41) is 4.60. The van der Waals surface area contributed by atoms with E-state index < -0.39 is 0 Å². The molecular weight excluding hydrogens is 198 g/mol. The zero-order valence-corrected chi connectivity index (χ0v) is 9.62. The van der Waals surface area contributed by atoms with Gasteiger partial charge in [-0.2, -0.15) is 0 Å². The molecule has 0 spiro atoms.